The lowest BCUT2D eigenvalue weighted by Gasteiger charge is -2.24. The molecule has 40 heavy (non-hydrogen) atoms. The van der Waals surface area contributed by atoms with Crippen molar-refractivity contribution in [1.82, 2.24) is 20.9 Å². The number of aliphatic hydroxyl groups excluding tert-OH is 1. The second kappa shape index (κ2) is 15.0. The summed E-state index contributed by atoms with van der Waals surface area (Å²) in [4.78, 5) is 67.9. The normalized spacial score (nSPS) is 13.8. The predicted molar refractivity (Wildman–Crippen MR) is 144 cm³/mol. The summed E-state index contributed by atoms with van der Waals surface area (Å²) in [6, 6.07) is 1.92. The summed E-state index contributed by atoms with van der Waals surface area (Å²) in [6.07, 6.45) is 1.32. The molecule has 16 nitrogen and oxygen atoms in total. The first-order valence-electron chi connectivity index (χ1n) is 12.3. The molecule has 1 heterocycles. The number of aliphatic hydroxyl groups is 1. The minimum absolute atomic E-state index is 0.0521. The van der Waals surface area contributed by atoms with Gasteiger partial charge in [-0.25, -0.2) is 4.79 Å². The van der Waals surface area contributed by atoms with Gasteiger partial charge in [0.1, 0.15) is 18.1 Å². The van der Waals surface area contributed by atoms with Crippen molar-refractivity contribution >= 4 is 46.5 Å². The molecule has 16 heteroatoms. The van der Waals surface area contributed by atoms with Gasteiger partial charge in [0.05, 0.1) is 19.1 Å². The van der Waals surface area contributed by atoms with Gasteiger partial charge in [-0.05, 0) is 30.9 Å². The molecule has 4 unspecified atom stereocenters. The Bertz CT molecular complexity index is 1240. The van der Waals surface area contributed by atoms with Crippen LogP contribution in [0.15, 0.2) is 35.5 Å². The maximum absolute atomic E-state index is 12.9. The van der Waals surface area contributed by atoms with Gasteiger partial charge in [-0.2, -0.15) is 0 Å². The average molecular weight is 562 g/mol. The number of carboxylic acid groups (broad SMARTS) is 1. The summed E-state index contributed by atoms with van der Waals surface area (Å²) in [6.45, 7) is -0.729. The number of nitrogens with zero attached hydrogens (tertiary/aromatic N) is 1. The van der Waals surface area contributed by atoms with Crippen molar-refractivity contribution in [3.63, 3.8) is 0 Å². The highest BCUT2D eigenvalue weighted by molar-refractivity contribution is 5.95. The largest absolute Gasteiger partial charge is 0.480 e. The van der Waals surface area contributed by atoms with Crippen molar-refractivity contribution in [2.75, 3.05) is 13.2 Å². The Morgan fingerprint density at radius 1 is 0.925 bits per heavy atom. The third kappa shape index (κ3) is 9.55. The summed E-state index contributed by atoms with van der Waals surface area (Å²) >= 11 is 0. The number of primary amides is 1. The molecule has 0 fully saturated rings. The van der Waals surface area contributed by atoms with Crippen LogP contribution in [0.1, 0.15) is 24.8 Å². The number of guanidine groups is 1. The van der Waals surface area contributed by atoms with Crippen LogP contribution in [0.25, 0.3) is 10.9 Å². The highest BCUT2D eigenvalue weighted by atomic mass is 16.4. The molecule has 0 bridgehead atoms. The van der Waals surface area contributed by atoms with E-state index in [4.69, 9.17) is 22.9 Å². The number of carboxylic acids is 1. The summed E-state index contributed by atoms with van der Waals surface area (Å²) in [7, 11) is 0. The number of nitrogens with two attached hydrogens (primary N) is 4. The van der Waals surface area contributed by atoms with Gasteiger partial charge < -0.3 is 54.1 Å². The van der Waals surface area contributed by atoms with Crippen molar-refractivity contribution in [2.24, 2.45) is 27.9 Å². The maximum atomic E-state index is 12.9. The van der Waals surface area contributed by atoms with Gasteiger partial charge in [-0.3, -0.25) is 24.2 Å². The van der Waals surface area contributed by atoms with Gasteiger partial charge >= 0.3 is 5.97 Å². The zero-order chi connectivity index (χ0) is 29.8. The second-order valence-electron chi connectivity index (χ2n) is 8.99. The van der Waals surface area contributed by atoms with Crippen LogP contribution < -0.4 is 38.9 Å². The van der Waals surface area contributed by atoms with Crippen LogP contribution in [0, 0.1) is 0 Å². The molecule has 0 aliphatic rings. The molecule has 1 aromatic heterocycles. The SMILES string of the molecule is NC(=O)CC(NC(=O)C(CCCN=C(N)N)NC(=O)C(CO)NC(=O)C(N)Cc1c[nH]c2ccccc12)C(=O)O. The minimum atomic E-state index is -1.64. The Morgan fingerprint density at radius 2 is 1.55 bits per heavy atom. The van der Waals surface area contributed by atoms with Crippen LogP contribution in [0.4, 0.5) is 0 Å². The van der Waals surface area contributed by atoms with Crippen LogP contribution in [-0.2, 0) is 30.4 Å². The molecule has 0 spiro atoms. The molecule has 0 saturated carbocycles. The van der Waals surface area contributed by atoms with Crippen LogP contribution >= 0.6 is 0 Å². The lowest BCUT2D eigenvalue weighted by atomic mass is 10.0. The molecule has 0 saturated heterocycles. The van der Waals surface area contributed by atoms with E-state index >= 15 is 0 Å². The second-order valence-corrected chi connectivity index (χ2v) is 8.99. The number of carbonyl (C=O) groups excluding carboxylic acids is 4. The van der Waals surface area contributed by atoms with E-state index in [1.807, 2.05) is 24.3 Å². The fraction of sp³-hybridized carbons (Fsp3) is 0.417. The molecule has 2 aromatic rings. The first kappa shape index (κ1) is 31.5. The van der Waals surface area contributed by atoms with Gasteiger partial charge in [0, 0.05) is 23.6 Å². The van der Waals surface area contributed by atoms with E-state index in [1.54, 1.807) is 6.20 Å². The van der Waals surface area contributed by atoms with Crippen molar-refractivity contribution in [1.29, 1.82) is 0 Å². The molecule has 0 aliphatic carbocycles. The third-order valence-electron chi connectivity index (χ3n) is 5.87. The van der Waals surface area contributed by atoms with Gasteiger partial charge in [0.15, 0.2) is 5.96 Å². The summed E-state index contributed by atoms with van der Waals surface area (Å²) in [5.74, 6) is -5.26. The van der Waals surface area contributed by atoms with Crippen molar-refractivity contribution in [3.05, 3.63) is 36.0 Å². The number of rotatable bonds is 16. The highest BCUT2D eigenvalue weighted by Crippen LogP contribution is 2.18. The number of nitrogens with one attached hydrogen (secondary N) is 4. The molecule has 4 atom stereocenters. The number of fused-ring (bicyclic) bond motifs is 1. The smallest absolute Gasteiger partial charge is 0.326 e. The number of aliphatic imine (C=N–C) groups is 1. The number of carbonyl (C=O) groups is 5. The number of H-pyrrole nitrogens is 1. The van der Waals surface area contributed by atoms with E-state index < -0.39 is 66.8 Å². The Labute approximate surface area is 228 Å². The highest BCUT2D eigenvalue weighted by Gasteiger charge is 2.30. The number of hydrogen-bond donors (Lipinski definition) is 10. The molecule has 0 aliphatic heterocycles. The van der Waals surface area contributed by atoms with E-state index in [0.717, 1.165) is 16.5 Å². The van der Waals surface area contributed by atoms with Gasteiger partial charge in [0.25, 0.3) is 0 Å². The van der Waals surface area contributed by atoms with Crippen molar-refractivity contribution < 1.29 is 34.2 Å². The lowest BCUT2D eigenvalue weighted by molar-refractivity contribution is -0.143. The van der Waals surface area contributed by atoms with Gasteiger partial charge in [-0.1, -0.05) is 18.2 Å². The zero-order valence-electron chi connectivity index (χ0n) is 21.6. The number of aromatic amines is 1. The summed E-state index contributed by atoms with van der Waals surface area (Å²) in [5, 5.41) is 26.8. The molecular weight excluding hydrogens is 526 g/mol. The number of para-hydroxylation sites is 1. The van der Waals surface area contributed by atoms with Gasteiger partial charge in [-0.15, -0.1) is 0 Å². The Balaban J connectivity index is 2.08. The van der Waals surface area contributed by atoms with Crippen LogP contribution in [-0.4, -0.2) is 88.1 Å². The molecule has 1 aromatic carbocycles. The first-order chi connectivity index (χ1) is 18.9. The number of aliphatic carboxylic acids is 1. The molecule has 0 radical (unpaired) electrons. The Morgan fingerprint density at radius 3 is 2.17 bits per heavy atom. The van der Waals surface area contributed by atoms with Crippen LogP contribution in [0.5, 0.6) is 0 Å². The third-order valence-corrected chi connectivity index (χ3v) is 5.87. The summed E-state index contributed by atoms with van der Waals surface area (Å²) < 4.78 is 0. The van der Waals surface area contributed by atoms with Crippen molar-refractivity contribution in [2.45, 2.75) is 49.9 Å². The quantitative estimate of drug-likeness (QED) is 0.0547. The predicted octanol–water partition coefficient (Wildman–Crippen LogP) is -3.50. The molecule has 218 valence electrons. The number of aromatic nitrogens is 1. The zero-order valence-corrected chi connectivity index (χ0v) is 21.6. The Hall–Kier alpha value is -4.70. The first-order valence-corrected chi connectivity index (χ1v) is 12.3. The van der Waals surface area contributed by atoms with Gasteiger partial charge in [0.2, 0.25) is 23.6 Å². The van der Waals surface area contributed by atoms with E-state index in [9.17, 15) is 34.2 Å². The topological polar surface area (TPSA) is 294 Å². The molecule has 4 amide bonds. The van der Waals surface area contributed by atoms with E-state index in [0.29, 0.717) is 0 Å². The average Bonchev–Trinajstić information content (AvgIpc) is 3.30. The minimum Gasteiger partial charge on any atom is -0.480 e. The molecular formula is C24H35N9O7. The summed E-state index contributed by atoms with van der Waals surface area (Å²) in [5.41, 5.74) is 23.3. The molecule has 2 rings (SSSR count). The number of benzene rings is 1. The lowest BCUT2D eigenvalue weighted by Crippen LogP contribution is -2.58. The fourth-order valence-electron chi connectivity index (χ4n) is 3.82. The maximum Gasteiger partial charge on any atom is 0.326 e. The number of amides is 4. The monoisotopic (exact) mass is 561 g/mol. The van der Waals surface area contributed by atoms with Crippen LogP contribution in [0.2, 0.25) is 0 Å². The van der Waals surface area contributed by atoms with E-state index in [1.165, 1.54) is 0 Å². The van der Waals surface area contributed by atoms with Crippen molar-refractivity contribution in [3.8, 4) is 0 Å². The standard InChI is InChI=1S/C24H35N9O7/c25-14(8-12-10-30-15-5-2-1-4-13(12)15)20(36)33-18(11-34)22(38)31-16(6-3-7-29-24(27)28)21(37)32-17(23(39)40)9-19(26)35/h1-2,4-5,10,14,16-18,30,34H,3,6-9,11,25H2,(H2,26,35)(H,31,38)(H,32,37)(H,33,36)(H,39,40)(H4,27,28,29). The number of hydrogen-bond acceptors (Lipinski definition) is 8. The fourth-order valence-corrected chi connectivity index (χ4v) is 3.82. The van der Waals surface area contributed by atoms with E-state index in [2.05, 4.69) is 25.9 Å². The van der Waals surface area contributed by atoms with E-state index in [-0.39, 0.29) is 31.8 Å². The molecule has 14 N–H and O–H groups in total. The Kier molecular flexibility index (Phi) is 11.8. The van der Waals surface area contributed by atoms with Crippen LogP contribution in [0.3, 0.4) is 0 Å².